The van der Waals surface area contributed by atoms with E-state index in [0.29, 0.717) is 47.6 Å². The van der Waals surface area contributed by atoms with E-state index < -0.39 is 0 Å². The standard InChI is InChI=1S/C29H28Cl2INO4/c1-3-36-25-14-17(13-20(32)29(25)37-15-16-10-11-18(30)19(31)12-16)26-27-21(6-4-8-23(27)34)33(2)22-7-5-9-24(35)28(22)26/h10-14,26H,3-9,15H2,1-2H3. The van der Waals surface area contributed by atoms with E-state index in [1.165, 1.54) is 0 Å². The monoisotopic (exact) mass is 651 g/mol. The topological polar surface area (TPSA) is 55.8 Å². The zero-order valence-corrected chi connectivity index (χ0v) is 24.5. The SMILES string of the molecule is CCOc1cc(C2C3=C(CCCC3=O)N(C)C3=C2C(=O)CCC3)cc(I)c1OCc1ccc(Cl)c(Cl)c1. The van der Waals surface area contributed by atoms with Crippen molar-refractivity contribution < 1.29 is 19.1 Å². The van der Waals surface area contributed by atoms with Crippen molar-refractivity contribution >= 4 is 57.4 Å². The van der Waals surface area contributed by atoms with Crippen molar-refractivity contribution in [2.45, 2.75) is 58.0 Å². The molecule has 2 aromatic rings. The van der Waals surface area contributed by atoms with E-state index >= 15 is 0 Å². The Labute approximate surface area is 240 Å². The van der Waals surface area contributed by atoms with Gasteiger partial charge in [0.2, 0.25) is 0 Å². The summed E-state index contributed by atoms with van der Waals surface area (Å²) in [5.74, 6) is 1.11. The predicted octanol–water partition coefficient (Wildman–Crippen LogP) is 7.62. The molecule has 0 radical (unpaired) electrons. The third-order valence-electron chi connectivity index (χ3n) is 7.28. The van der Waals surface area contributed by atoms with Crippen molar-refractivity contribution in [3.8, 4) is 11.5 Å². The van der Waals surface area contributed by atoms with Gasteiger partial charge in [0.1, 0.15) is 6.61 Å². The molecule has 3 aliphatic rings. The second-order valence-electron chi connectivity index (χ2n) is 9.57. The van der Waals surface area contributed by atoms with Gasteiger partial charge in [0.25, 0.3) is 0 Å². The van der Waals surface area contributed by atoms with Gasteiger partial charge < -0.3 is 14.4 Å². The van der Waals surface area contributed by atoms with Crippen LogP contribution in [-0.2, 0) is 16.2 Å². The number of carbonyl (C=O) groups excluding carboxylic acids is 2. The molecule has 1 aliphatic heterocycles. The minimum absolute atomic E-state index is 0.135. The van der Waals surface area contributed by atoms with Crippen LogP contribution in [0.15, 0.2) is 52.9 Å². The van der Waals surface area contributed by atoms with Crippen LogP contribution in [-0.4, -0.2) is 30.1 Å². The maximum atomic E-state index is 13.3. The van der Waals surface area contributed by atoms with Gasteiger partial charge in [0.05, 0.1) is 20.2 Å². The molecule has 0 N–H and O–H groups in total. The molecule has 0 fully saturated rings. The van der Waals surface area contributed by atoms with Crippen LogP contribution in [0.5, 0.6) is 11.5 Å². The molecule has 0 saturated heterocycles. The molecule has 0 unspecified atom stereocenters. The van der Waals surface area contributed by atoms with Crippen molar-refractivity contribution in [2.75, 3.05) is 13.7 Å². The lowest BCUT2D eigenvalue weighted by molar-refractivity contribution is -0.117. The number of nitrogens with zero attached hydrogens (tertiary/aromatic N) is 1. The number of allylic oxidation sites excluding steroid dienone is 4. The Morgan fingerprint density at radius 3 is 2.16 bits per heavy atom. The Morgan fingerprint density at radius 2 is 1.57 bits per heavy atom. The van der Waals surface area contributed by atoms with Crippen LogP contribution in [0.4, 0.5) is 0 Å². The van der Waals surface area contributed by atoms with Gasteiger partial charge in [-0.15, -0.1) is 0 Å². The molecule has 0 bridgehead atoms. The van der Waals surface area contributed by atoms with Gasteiger partial charge in [-0.2, -0.15) is 0 Å². The highest BCUT2D eigenvalue weighted by molar-refractivity contribution is 14.1. The first-order valence-electron chi connectivity index (χ1n) is 12.6. The highest BCUT2D eigenvalue weighted by atomic mass is 127. The molecule has 8 heteroatoms. The van der Waals surface area contributed by atoms with Gasteiger partial charge in [0, 0.05) is 48.3 Å². The molecule has 1 heterocycles. The Hall–Kier alpha value is -2.03. The largest absolute Gasteiger partial charge is 0.490 e. The van der Waals surface area contributed by atoms with Crippen LogP contribution in [0.2, 0.25) is 10.0 Å². The molecule has 0 atom stereocenters. The third-order valence-corrected chi connectivity index (χ3v) is 8.82. The average molecular weight is 652 g/mol. The third kappa shape index (κ3) is 5.04. The lowest BCUT2D eigenvalue weighted by Crippen LogP contribution is -2.37. The first-order chi connectivity index (χ1) is 17.8. The smallest absolute Gasteiger partial charge is 0.174 e. The van der Waals surface area contributed by atoms with Crippen molar-refractivity contribution in [2.24, 2.45) is 0 Å². The molecule has 0 amide bonds. The van der Waals surface area contributed by atoms with Crippen LogP contribution < -0.4 is 9.47 Å². The minimum atomic E-state index is -0.376. The Kier molecular flexibility index (Phi) is 7.89. The predicted molar refractivity (Wildman–Crippen MR) is 153 cm³/mol. The molecule has 0 aromatic heterocycles. The number of ether oxygens (including phenoxy) is 2. The molecular formula is C29H28Cl2INO4. The van der Waals surface area contributed by atoms with Crippen molar-refractivity contribution in [1.82, 2.24) is 4.90 Å². The number of hydrogen-bond donors (Lipinski definition) is 0. The molecule has 5 nitrogen and oxygen atoms in total. The first kappa shape index (κ1) is 26.6. The molecule has 2 aromatic carbocycles. The Bertz CT molecular complexity index is 1310. The first-order valence-corrected chi connectivity index (χ1v) is 14.4. The van der Waals surface area contributed by atoms with Crippen molar-refractivity contribution in [3.05, 3.63) is 77.6 Å². The summed E-state index contributed by atoms with van der Waals surface area (Å²) in [5, 5.41) is 0.969. The van der Waals surface area contributed by atoms with Gasteiger partial charge in [-0.3, -0.25) is 9.59 Å². The van der Waals surface area contributed by atoms with Crippen molar-refractivity contribution in [1.29, 1.82) is 0 Å². The summed E-state index contributed by atoms with van der Waals surface area (Å²) in [6, 6.07) is 9.39. The molecule has 2 aliphatic carbocycles. The summed E-state index contributed by atoms with van der Waals surface area (Å²) in [4.78, 5) is 28.8. The summed E-state index contributed by atoms with van der Waals surface area (Å²) >= 11 is 14.5. The molecule has 0 spiro atoms. The summed E-state index contributed by atoms with van der Waals surface area (Å²) in [7, 11) is 2.01. The maximum absolute atomic E-state index is 13.3. The van der Waals surface area contributed by atoms with Gasteiger partial charge in [-0.05, 0) is 90.6 Å². The zero-order chi connectivity index (χ0) is 26.3. The van der Waals surface area contributed by atoms with Gasteiger partial charge >= 0.3 is 0 Å². The molecule has 37 heavy (non-hydrogen) atoms. The van der Waals surface area contributed by atoms with Crippen molar-refractivity contribution in [3.63, 3.8) is 0 Å². The maximum Gasteiger partial charge on any atom is 0.174 e. The number of Topliss-reactive ketones (excluding diaryl/α,β-unsaturated/α-hetero) is 2. The zero-order valence-electron chi connectivity index (χ0n) is 20.8. The van der Waals surface area contributed by atoms with Crippen LogP contribution in [0, 0.1) is 3.57 Å². The fourth-order valence-electron chi connectivity index (χ4n) is 5.63. The normalized spacial score (nSPS) is 18.2. The average Bonchev–Trinajstić information content (AvgIpc) is 2.87. The highest BCUT2D eigenvalue weighted by Crippen LogP contribution is 2.50. The molecule has 194 valence electrons. The van der Waals surface area contributed by atoms with E-state index in [0.717, 1.165) is 62.9 Å². The second kappa shape index (κ2) is 11.0. The number of ketones is 2. The van der Waals surface area contributed by atoms with E-state index in [-0.39, 0.29) is 17.5 Å². The Balaban J connectivity index is 1.58. The Morgan fingerprint density at radius 1 is 0.919 bits per heavy atom. The van der Waals surface area contributed by atoms with E-state index in [9.17, 15) is 9.59 Å². The van der Waals surface area contributed by atoms with Gasteiger partial charge in [0.15, 0.2) is 23.1 Å². The number of benzene rings is 2. The van der Waals surface area contributed by atoms with E-state index in [1.54, 1.807) is 12.1 Å². The van der Waals surface area contributed by atoms with Crippen LogP contribution in [0.25, 0.3) is 0 Å². The van der Waals surface area contributed by atoms with E-state index in [1.807, 2.05) is 32.2 Å². The number of halogens is 3. The molecule has 0 saturated carbocycles. The summed E-state index contributed by atoms with van der Waals surface area (Å²) in [6.45, 7) is 2.67. The quantitative estimate of drug-likeness (QED) is 0.301. The summed E-state index contributed by atoms with van der Waals surface area (Å²) in [6.07, 6.45) is 4.40. The summed E-state index contributed by atoms with van der Waals surface area (Å²) < 4.78 is 13.1. The van der Waals surface area contributed by atoms with Crippen LogP contribution >= 0.6 is 45.8 Å². The van der Waals surface area contributed by atoms with Gasteiger partial charge in [-0.25, -0.2) is 0 Å². The lowest BCUT2D eigenvalue weighted by atomic mass is 9.71. The summed E-state index contributed by atoms with van der Waals surface area (Å²) in [5.41, 5.74) is 5.44. The molecular weight excluding hydrogens is 624 g/mol. The number of rotatable bonds is 6. The van der Waals surface area contributed by atoms with E-state index in [4.69, 9.17) is 32.7 Å². The number of carbonyl (C=O) groups is 2. The second-order valence-corrected chi connectivity index (χ2v) is 11.5. The van der Waals surface area contributed by atoms with Crippen LogP contribution in [0.1, 0.15) is 62.5 Å². The fraction of sp³-hybridized carbons (Fsp3) is 0.379. The lowest BCUT2D eigenvalue weighted by Gasteiger charge is -2.42. The number of hydrogen-bond acceptors (Lipinski definition) is 5. The van der Waals surface area contributed by atoms with Gasteiger partial charge in [-0.1, -0.05) is 29.3 Å². The molecule has 5 rings (SSSR count). The van der Waals surface area contributed by atoms with Crippen LogP contribution in [0.3, 0.4) is 0 Å². The fourth-order valence-corrected chi connectivity index (χ4v) is 6.73. The van der Waals surface area contributed by atoms with E-state index in [2.05, 4.69) is 27.5 Å². The minimum Gasteiger partial charge on any atom is -0.490 e. The highest BCUT2D eigenvalue weighted by Gasteiger charge is 2.42.